The largest absolute Gasteiger partial charge is 0.359 e. The molecule has 0 spiro atoms. The number of rotatable bonds is 2. The highest BCUT2D eigenvalue weighted by atomic mass is 35.5. The molecule has 4 N–H and O–H groups in total. The summed E-state index contributed by atoms with van der Waals surface area (Å²) >= 11 is 6.18. The fraction of sp³-hybridized carbons (Fsp3) is 0.357. The van der Waals surface area contributed by atoms with Gasteiger partial charge in [-0.15, -0.1) is 0 Å². The van der Waals surface area contributed by atoms with Gasteiger partial charge in [0.15, 0.2) is 0 Å². The van der Waals surface area contributed by atoms with Crippen LogP contribution in [-0.4, -0.2) is 24.5 Å². The Hall–Kier alpha value is -2.46. The average Bonchev–Trinajstić information content (AvgIpc) is 2.96. The van der Waals surface area contributed by atoms with E-state index in [9.17, 15) is 9.59 Å². The number of halogens is 1. The molecule has 1 aromatic carbocycles. The fourth-order valence-electron chi connectivity index (χ4n) is 2.61. The monoisotopic (exact) mass is 321 g/mol. The second-order valence-electron chi connectivity index (χ2n) is 5.01. The van der Waals surface area contributed by atoms with Gasteiger partial charge in [0, 0.05) is 12.2 Å². The number of carbonyl (C=O) groups is 2. The van der Waals surface area contributed by atoms with Crippen molar-refractivity contribution in [1.82, 2.24) is 10.9 Å². The van der Waals surface area contributed by atoms with E-state index in [2.05, 4.69) is 10.9 Å². The van der Waals surface area contributed by atoms with Crippen LogP contribution >= 0.6 is 11.6 Å². The van der Waals surface area contributed by atoms with Crippen LogP contribution in [0.1, 0.15) is 24.0 Å². The summed E-state index contributed by atoms with van der Waals surface area (Å²) in [5.74, 6) is -0.337. The van der Waals surface area contributed by atoms with Crippen LogP contribution in [0.25, 0.3) is 0 Å². The number of hydrazine groups is 1. The average molecular weight is 322 g/mol. The lowest BCUT2D eigenvalue weighted by Crippen LogP contribution is -2.51. The molecule has 1 aromatic rings. The van der Waals surface area contributed by atoms with Crippen LogP contribution in [0.2, 0.25) is 5.02 Å². The number of anilines is 1. The van der Waals surface area contributed by atoms with E-state index in [0.29, 0.717) is 23.6 Å². The van der Waals surface area contributed by atoms with Crippen molar-refractivity contribution in [3.8, 4) is 6.07 Å². The van der Waals surface area contributed by atoms with E-state index in [1.54, 1.807) is 12.1 Å². The summed E-state index contributed by atoms with van der Waals surface area (Å²) in [5, 5.41) is 9.39. The van der Waals surface area contributed by atoms with Crippen molar-refractivity contribution in [1.29, 1.82) is 5.26 Å². The van der Waals surface area contributed by atoms with Gasteiger partial charge in [0.1, 0.15) is 12.1 Å². The summed E-state index contributed by atoms with van der Waals surface area (Å²) < 4.78 is 0. The van der Waals surface area contributed by atoms with E-state index in [1.165, 1.54) is 0 Å². The summed E-state index contributed by atoms with van der Waals surface area (Å²) in [6.07, 6.45) is 1.50. The lowest BCUT2D eigenvalue weighted by atomic mass is 10.1. The maximum absolute atomic E-state index is 12.1. The first-order valence-electron chi connectivity index (χ1n) is 6.77. The van der Waals surface area contributed by atoms with Gasteiger partial charge in [-0.3, -0.25) is 10.2 Å². The molecule has 116 valence electrons. The Morgan fingerprint density at radius 3 is 2.82 bits per heavy atom. The number of amides is 3. The minimum absolute atomic E-state index is 0.337. The summed E-state index contributed by atoms with van der Waals surface area (Å²) in [7, 11) is 0. The van der Waals surface area contributed by atoms with Gasteiger partial charge in [-0.1, -0.05) is 11.6 Å². The Bertz CT molecular complexity index is 655. The number of hydrogen-bond acceptors (Lipinski definition) is 4. The Balaban J connectivity index is 2.24. The third-order valence-electron chi connectivity index (χ3n) is 3.65. The van der Waals surface area contributed by atoms with Gasteiger partial charge in [0.05, 0.1) is 10.6 Å². The molecule has 0 saturated carbocycles. The number of benzene rings is 1. The van der Waals surface area contributed by atoms with Gasteiger partial charge in [0.25, 0.3) is 5.91 Å². The van der Waals surface area contributed by atoms with Crippen molar-refractivity contribution in [3.05, 3.63) is 28.3 Å². The normalized spacial score (nSPS) is 17.0. The number of nitrogens with zero attached hydrogens (tertiary/aromatic N) is 2. The van der Waals surface area contributed by atoms with E-state index >= 15 is 0 Å². The molecule has 0 radical (unpaired) electrons. The van der Waals surface area contributed by atoms with E-state index in [1.807, 2.05) is 17.9 Å². The van der Waals surface area contributed by atoms with Crippen LogP contribution in [-0.2, 0) is 4.79 Å². The van der Waals surface area contributed by atoms with Gasteiger partial charge < -0.3 is 10.6 Å². The standard InChI is InChI=1S/C14H16ClN5O2/c1-8-10(5-4-9(7-16)12(8)15)20-6-2-3-11(20)13(21)18-19-14(17)22/h4-5,11H,2-3,6H2,1H3,(H,18,21)(H3,17,19,22). The SMILES string of the molecule is Cc1c(N2CCCC2C(=O)NNC(N)=O)ccc(C#N)c1Cl. The van der Waals surface area contributed by atoms with Gasteiger partial charge in [-0.25, -0.2) is 10.2 Å². The molecule has 7 nitrogen and oxygen atoms in total. The zero-order valence-electron chi connectivity index (χ0n) is 12.0. The Morgan fingerprint density at radius 1 is 1.45 bits per heavy atom. The van der Waals surface area contributed by atoms with Crippen molar-refractivity contribution in [2.45, 2.75) is 25.8 Å². The summed E-state index contributed by atoms with van der Waals surface area (Å²) in [6, 6.07) is 4.21. The number of carbonyl (C=O) groups excluding carboxylic acids is 2. The van der Waals surface area contributed by atoms with Crippen LogP contribution in [0.5, 0.6) is 0 Å². The molecule has 2 rings (SSSR count). The van der Waals surface area contributed by atoms with E-state index < -0.39 is 12.1 Å². The number of nitrogens with one attached hydrogen (secondary N) is 2. The molecular weight excluding hydrogens is 306 g/mol. The molecule has 1 fully saturated rings. The minimum Gasteiger partial charge on any atom is -0.359 e. The van der Waals surface area contributed by atoms with Crippen LogP contribution in [0, 0.1) is 18.3 Å². The van der Waals surface area contributed by atoms with E-state index in [0.717, 1.165) is 17.7 Å². The molecule has 1 atom stereocenters. The summed E-state index contributed by atoms with van der Waals surface area (Å²) in [5.41, 5.74) is 11.3. The Kier molecular flexibility index (Phi) is 4.73. The molecule has 22 heavy (non-hydrogen) atoms. The molecule has 8 heteroatoms. The van der Waals surface area contributed by atoms with Crippen LogP contribution in [0.15, 0.2) is 12.1 Å². The highest BCUT2D eigenvalue weighted by molar-refractivity contribution is 6.32. The molecular formula is C14H16ClN5O2. The molecule has 0 aliphatic carbocycles. The first-order valence-corrected chi connectivity index (χ1v) is 7.14. The lowest BCUT2D eigenvalue weighted by Gasteiger charge is -2.27. The fourth-order valence-corrected chi connectivity index (χ4v) is 2.81. The van der Waals surface area contributed by atoms with Crippen molar-refractivity contribution in [2.75, 3.05) is 11.4 Å². The molecule has 1 heterocycles. The van der Waals surface area contributed by atoms with Crippen LogP contribution in [0.3, 0.4) is 0 Å². The summed E-state index contributed by atoms with van der Waals surface area (Å²) in [6.45, 7) is 2.51. The maximum Gasteiger partial charge on any atom is 0.330 e. The van der Waals surface area contributed by atoms with Crippen molar-refractivity contribution in [3.63, 3.8) is 0 Å². The third kappa shape index (κ3) is 3.07. The molecule has 3 amide bonds. The van der Waals surface area contributed by atoms with E-state index in [4.69, 9.17) is 22.6 Å². The maximum atomic E-state index is 12.1. The third-order valence-corrected chi connectivity index (χ3v) is 4.14. The first-order chi connectivity index (χ1) is 10.5. The molecule has 1 unspecified atom stereocenters. The smallest absolute Gasteiger partial charge is 0.330 e. The second kappa shape index (κ2) is 6.54. The van der Waals surface area contributed by atoms with Crippen LogP contribution in [0.4, 0.5) is 10.5 Å². The molecule has 0 aromatic heterocycles. The number of nitriles is 1. The van der Waals surface area contributed by atoms with Crippen molar-refractivity contribution < 1.29 is 9.59 Å². The number of nitrogens with two attached hydrogens (primary N) is 1. The number of urea groups is 1. The topological polar surface area (TPSA) is 111 Å². The number of primary amides is 1. The van der Waals surface area contributed by atoms with Gasteiger partial charge >= 0.3 is 6.03 Å². The Labute approximate surface area is 133 Å². The Morgan fingerprint density at radius 2 is 2.18 bits per heavy atom. The first kappa shape index (κ1) is 15.9. The summed E-state index contributed by atoms with van der Waals surface area (Å²) in [4.78, 5) is 24.7. The zero-order valence-corrected chi connectivity index (χ0v) is 12.8. The number of hydrogen-bond donors (Lipinski definition) is 3. The predicted octanol–water partition coefficient (Wildman–Crippen LogP) is 1.19. The van der Waals surface area contributed by atoms with Gasteiger partial charge in [0.2, 0.25) is 0 Å². The second-order valence-corrected chi connectivity index (χ2v) is 5.39. The molecule has 1 saturated heterocycles. The van der Waals surface area contributed by atoms with Crippen molar-refractivity contribution in [2.24, 2.45) is 5.73 Å². The van der Waals surface area contributed by atoms with Gasteiger partial charge in [-0.2, -0.15) is 5.26 Å². The zero-order chi connectivity index (χ0) is 16.3. The van der Waals surface area contributed by atoms with Gasteiger partial charge in [-0.05, 0) is 37.5 Å². The van der Waals surface area contributed by atoms with Crippen molar-refractivity contribution >= 4 is 29.2 Å². The molecule has 1 aliphatic rings. The quantitative estimate of drug-likeness (QED) is 0.710. The predicted molar refractivity (Wildman–Crippen MR) is 82.1 cm³/mol. The molecule has 0 bridgehead atoms. The van der Waals surface area contributed by atoms with E-state index in [-0.39, 0.29) is 5.91 Å². The minimum atomic E-state index is -0.824. The highest BCUT2D eigenvalue weighted by Gasteiger charge is 2.32. The lowest BCUT2D eigenvalue weighted by molar-refractivity contribution is -0.122. The molecule has 1 aliphatic heterocycles. The van der Waals surface area contributed by atoms with Crippen LogP contribution < -0.4 is 21.5 Å². The highest BCUT2D eigenvalue weighted by Crippen LogP contribution is 2.33.